The lowest BCUT2D eigenvalue weighted by Crippen LogP contribution is -2.46. The summed E-state index contributed by atoms with van der Waals surface area (Å²) in [5, 5.41) is 6.21. The number of rotatable bonds is 6. The number of carbonyl (C=O) groups is 1. The summed E-state index contributed by atoms with van der Waals surface area (Å²) in [5.41, 5.74) is 0. The van der Waals surface area contributed by atoms with E-state index in [1.165, 1.54) is 19.4 Å². The number of amides is 1. The van der Waals surface area contributed by atoms with Gasteiger partial charge in [-0.1, -0.05) is 6.92 Å². The highest BCUT2D eigenvalue weighted by molar-refractivity contribution is 5.81. The topological polar surface area (TPSA) is 44.4 Å². The molecular formula is C12H25N3O. The Morgan fingerprint density at radius 2 is 2.31 bits per heavy atom. The Bertz CT molecular complexity index is 220. The molecule has 4 nitrogen and oxygen atoms in total. The van der Waals surface area contributed by atoms with Crippen molar-refractivity contribution in [2.45, 2.75) is 45.2 Å². The van der Waals surface area contributed by atoms with Gasteiger partial charge >= 0.3 is 0 Å². The summed E-state index contributed by atoms with van der Waals surface area (Å²) in [6, 6.07) is 0.516. The molecule has 0 bridgehead atoms. The highest BCUT2D eigenvalue weighted by atomic mass is 16.2. The zero-order chi connectivity index (χ0) is 12.0. The van der Waals surface area contributed by atoms with Crippen LogP contribution in [0.25, 0.3) is 0 Å². The molecule has 0 saturated carbocycles. The highest BCUT2D eigenvalue weighted by Gasteiger charge is 2.22. The van der Waals surface area contributed by atoms with E-state index in [1.807, 2.05) is 6.92 Å². The third kappa shape index (κ3) is 4.10. The quantitative estimate of drug-likeness (QED) is 0.698. The zero-order valence-electron chi connectivity index (χ0n) is 10.8. The maximum atomic E-state index is 11.6. The van der Waals surface area contributed by atoms with Crippen LogP contribution < -0.4 is 10.6 Å². The predicted octanol–water partition coefficient (Wildman–Crippen LogP) is 0.585. The molecule has 4 heteroatoms. The minimum Gasteiger partial charge on any atom is -0.355 e. The van der Waals surface area contributed by atoms with Gasteiger partial charge in [-0.25, -0.2) is 0 Å². The van der Waals surface area contributed by atoms with Crippen molar-refractivity contribution in [1.82, 2.24) is 15.5 Å². The van der Waals surface area contributed by atoms with Crippen molar-refractivity contribution in [1.29, 1.82) is 0 Å². The maximum absolute atomic E-state index is 11.6. The fraction of sp³-hybridized carbons (Fsp3) is 0.917. The maximum Gasteiger partial charge on any atom is 0.236 e. The molecule has 0 aromatic carbocycles. The summed E-state index contributed by atoms with van der Waals surface area (Å²) in [4.78, 5) is 14.0. The van der Waals surface area contributed by atoms with Crippen LogP contribution in [0.5, 0.6) is 0 Å². The first-order valence-corrected chi connectivity index (χ1v) is 6.36. The number of carbonyl (C=O) groups excluding carboxylic acids is 1. The van der Waals surface area contributed by atoms with Gasteiger partial charge in [0.05, 0.1) is 6.04 Å². The number of nitrogens with one attached hydrogen (secondary N) is 2. The van der Waals surface area contributed by atoms with Gasteiger partial charge in [0.25, 0.3) is 0 Å². The van der Waals surface area contributed by atoms with Crippen molar-refractivity contribution in [2.24, 2.45) is 0 Å². The molecule has 0 radical (unpaired) electrons. The lowest BCUT2D eigenvalue weighted by Gasteiger charge is -2.22. The zero-order valence-corrected chi connectivity index (χ0v) is 10.8. The van der Waals surface area contributed by atoms with Crippen molar-refractivity contribution in [3.63, 3.8) is 0 Å². The van der Waals surface area contributed by atoms with E-state index in [-0.39, 0.29) is 11.9 Å². The Balaban J connectivity index is 2.18. The van der Waals surface area contributed by atoms with Gasteiger partial charge in [0, 0.05) is 19.1 Å². The molecule has 1 rings (SSSR count). The molecule has 16 heavy (non-hydrogen) atoms. The monoisotopic (exact) mass is 227 g/mol. The number of likely N-dealkylation sites (N-methyl/N-ethyl adjacent to an activating group) is 1. The number of nitrogens with zero attached hydrogens (tertiary/aromatic N) is 1. The van der Waals surface area contributed by atoms with E-state index in [1.54, 1.807) is 0 Å². The Morgan fingerprint density at radius 1 is 1.56 bits per heavy atom. The first kappa shape index (κ1) is 13.5. The largest absolute Gasteiger partial charge is 0.355 e. The lowest BCUT2D eigenvalue weighted by molar-refractivity contribution is -0.122. The number of hydrogen-bond donors (Lipinski definition) is 2. The van der Waals surface area contributed by atoms with E-state index in [0.29, 0.717) is 6.04 Å². The highest BCUT2D eigenvalue weighted by Crippen LogP contribution is 2.13. The van der Waals surface area contributed by atoms with Gasteiger partial charge in [-0.2, -0.15) is 0 Å². The van der Waals surface area contributed by atoms with Crippen LogP contribution in [-0.2, 0) is 4.79 Å². The molecule has 2 unspecified atom stereocenters. The summed E-state index contributed by atoms with van der Waals surface area (Å²) in [7, 11) is 2.15. The summed E-state index contributed by atoms with van der Waals surface area (Å²) in [5.74, 6) is 0.113. The molecule has 1 heterocycles. The Morgan fingerprint density at radius 3 is 2.88 bits per heavy atom. The summed E-state index contributed by atoms with van der Waals surface area (Å²) in [6.07, 6.45) is 3.51. The molecule has 1 amide bonds. The standard InChI is InChI=1S/C12H25N3O/c1-4-7-13-12(16)10(2)14-9-11-6-5-8-15(11)3/h10-11,14H,4-9H2,1-3H3,(H,13,16). The van der Waals surface area contributed by atoms with Crippen molar-refractivity contribution in [3.05, 3.63) is 0 Å². The molecule has 0 aromatic heterocycles. The predicted molar refractivity (Wildman–Crippen MR) is 66.4 cm³/mol. The molecule has 0 aliphatic carbocycles. The van der Waals surface area contributed by atoms with Crippen molar-refractivity contribution in [3.8, 4) is 0 Å². The van der Waals surface area contributed by atoms with Crippen LogP contribution >= 0.6 is 0 Å². The molecule has 1 saturated heterocycles. The molecule has 0 aromatic rings. The van der Waals surface area contributed by atoms with Crippen LogP contribution in [0.2, 0.25) is 0 Å². The molecule has 94 valence electrons. The second-order valence-electron chi connectivity index (χ2n) is 4.70. The number of hydrogen-bond acceptors (Lipinski definition) is 3. The first-order valence-electron chi connectivity index (χ1n) is 6.36. The Hall–Kier alpha value is -0.610. The molecular weight excluding hydrogens is 202 g/mol. The summed E-state index contributed by atoms with van der Waals surface area (Å²) >= 11 is 0. The molecule has 2 N–H and O–H groups in total. The van der Waals surface area contributed by atoms with E-state index in [0.717, 1.165) is 19.5 Å². The van der Waals surface area contributed by atoms with Crippen LogP contribution in [0.1, 0.15) is 33.1 Å². The van der Waals surface area contributed by atoms with Crippen molar-refractivity contribution >= 4 is 5.91 Å². The number of likely N-dealkylation sites (tertiary alicyclic amines) is 1. The fourth-order valence-electron chi connectivity index (χ4n) is 2.04. The van der Waals surface area contributed by atoms with E-state index < -0.39 is 0 Å². The second kappa shape index (κ2) is 6.86. The van der Waals surface area contributed by atoms with Crippen LogP contribution in [0.15, 0.2) is 0 Å². The fourth-order valence-corrected chi connectivity index (χ4v) is 2.04. The van der Waals surface area contributed by atoms with E-state index in [4.69, 9.17) is 0 Å². The molecule has 1 fully saturated rings. The van der Waals surface area contributed by atoms with Gasteiger partial charge in [-0.3, -0.25) is 4.79 Å². The van der Waals surface area contributed by atoms with Gasteiger partial charge in [0.1, 0.15) is 0 Å². The van der Waals surface area contributed by atoms with E-state index in [9.17, 15) is 4.79 Å². The van der Waals surface area contributed by atoms with E-state index >= 15 is 0 Å². The van der Waals surface area contributed by atoms with Crippen LogP contribution in [-0.4, -0.2) is 49.6 Å². The average Bonchev–Trinajstić information content (AvgIpc) is 2.68. The van der Waals surface area contributed by atoms with Gasteiger partial charge < -0.3 is 15.5 Å². The van der Waals surface area contributed by atoms with Crippen molar-refractivity contribution < 1.29 is 4.79 Å². The van der Waals surface area contributed by atoms with Crippen molar-refractivity contribution in [2.75, 3.05) is 26.7 Å². The second-order valence-corrected chi connectivity index (χ2v) is 4.70. The SMILES string of the molecule is CCCNC(=O)C(C)NCC1CCCN1C. The smallest absolute Gasteiger partial charge is 0.236 e. The molecule has 1 aliphatic heterocycles. The lowest BCUT2D eigenvalue weighted by atomic mass is 10.2. The third-order valence-electron chi connectivity index (χ3n) is 3.27. The van der Waals surface area contributed by atoms with Gasteiger partial charge in [0.15, 0.2) is 0 Å². The van der Waals surface area contributed by atoms with Crippen LogP contribution in [0.4, 0.5) is 0 Å². The minimum atomic E-state index is -0.0828. The third-order valence-corrected chi connectivity index (χ3v) is 3.27. The Labute approximate surface area is 98.8 Å². The molecule has 2 atom stereocenters. The normalized spacial score (nSPS) is 23.3. The summed E-state index contributed by atoms with van der Waals surface area (Å²) < 4.78 is 0. The van der Waals surface area contributed by atoms with Crippen LogP contribution in [0.3, 0.4) is 0 Å². The van der Waals surface area contributed by atoms with Gasteiger partial charge in [-0.05, 0) is 39.8 Å². The van der Waals surface area contributed by atoms with Gasteiger partial charge in [-0.15, -0.1) is 0 Å². The summed E-state index contributed by atoms with van der Waals surface area (Å²) in [6.45, 7) is 6.86. The van der Waals surface area contributed by atoms with Crippen LogP contribution in [0, 0.1) is 0 Å². The average molecular weight is 227 g/mol. The molecule has 0 spiro atoms. The van der Waals surface area contributed by atoms with E-state index in [2.05, 4.69) is 29.5 Å². The van der Waals surface area contributed by atoms with Gasteiger partial charge in [0.2, 0.25) is 5.91 Å². The Kier molecular flexibility index (Phi) is 5.77. The first-order chi connectivity index (χ1) is 7.65. The molecule has 1 aliphatic rings. The minimum absolute atomic E-state index is 0.0828.